The lowest BCUT2D eigenvalue weighted by molar-refractivity contribution is 0.0377. The summed E-state index contributed by atoms with van der Waals surface area (Å²) in [6, 6.07) is 0.586. The maximum absolute atomic E-state index is 6.15. The van der Waals surface area contributed by atoms with Gasteiger partial charge >= 0.3 is 0 Å². The molecule has 0 aliphatic carbocycles. The first-order valence-electron chi connectivity index (χ1n) is 7.44. The topological polar surface area (TPSA) is 29.3 Å². The van der Waals surface area contributed by atoms with Crippen molar-refractivity contribution in [2.24, 2.45) is 11.7 Å². The van der Waals surface area contributed by atoms with Gasteiger partial charge in [0.1, 0.15) is 0 Å². The summed E-state index contributed by atoms with van der Waals surface area (Å²) in [6.07, 6.45) is 4.85. The molecule has 2 N–H and O–H groups in total. The number of nitrogens with two attached hydrogens (primary N) is 1. The van der Waals surface area contributed by atoms with Crippen LogP contribution in [0.25, 0.3) is 0 Å². The molecule has 2 heteroatoms. The van der Waals surface area contributed by atoms with Gasteiger partial charge < -0.3 is 5.73 Å². The summed E-state index contributed by atoms with van der Waals surface area (Å²) >= 11 is 0. The second-order valence-electron chi connectivity index (χ2n) is 5.79. The van der Waals surface area contributed by atoms with Crippen molar-refractivity contribution in [3.63, 3.8) is 0 Å². The largest absolute Gasteiger partial charge is 0.329 e. The smallest absolute Gasteiger partial charge is 0.0334 e. The Morgan fingerprint density at radius 1 is 1.12 bits per heavy atom. The van der Waals surface area contributed by atoms with E-state index in [4.69, 9.17) is 5.73 Å². The molecule has 0 fully saturated rings. The lowest BCUT2D eigenvalue weighted by atomic mass is 9.82. The summed E-state index contributed by atoms with van der Waals surface area (Å²) in [5, 5.41) is 0. The highest BCUT2D eigenvalue weighted by Crippen LogP contribution is 2.30. The fraction of sp³-hybridized carbons (Fsp3) is 1.00. The molecule has 2 unspecified atom stereocenters. The molecule has 0 spiro atoms. The van der Waals surface area contributed by atoms with E-state index in [9.17, 15) is 0 Å². The van der Waals surface area contributed by atoms with E-state index >= 15 is 0 Å². The minimum atomic E-state index is 0.208. The van der Waals surface area contributed by atoms with Crippen LogP contribution in [0.3, 0.4) is 0 Å². The monoisotopic (exact) mass is 242 g/mol. The van der Waals surface area contributed by atoms with Crippen molar-refractivity contribution >= 4 is 0 Å². The fourth-order valence-electron chi connectivity index (χ4n) is 2.89. The van der Waals surface area contributed by atoms with E-state index in [1.165, 1.54) is 25.8 Å². The van der Waals surface area contributed by atoms with Crippen LogP contribution in [0.5, 0.6) is 0 Å². The Labute approximate surface area is 109 Å². The van der Waals surface area contributed by atoms with Crippen LogP contribution in [-0.4, -0.2) is 29.6 Å². The zero-order valence-electron chi connectivity index (χ0n) is 12.9. The van der Waals surface area contributed by atoms with Gasteiger partial charge in [-0.2, -0.15) is 0 Å². The molecule has 0 aromatic heterocycles. The second-order valence-corrected chi connectivity index (χ2v) is 5.79. The molecule has 0 bridgehead atoms. The maximum atomic E-state index is 6.15. The van der Waals surface area contributed by atoms with Crippen molar-refractivity contribution < 1.29 is 0 Å². The quantitative estimate of drug-likeness (QED) is 0.669. The highest BCUT2D eigenvalue weighted by molar-refractivity contribution is 4.93. The van der Waals surface area contributed by atoms with Crippen molar-refractivity contribution in [3.05, 3.63) is 0 Å². The number of hydrogen-bond donors (Lipinski definition) is 1. The molecular formula is C15H34N2. The molecule has 17 heavy (non-hydrogen) atoms. The molecule has 2 nitrogen and oxygen atoms in total. The van der Waals surface area contributed by atoms with Crippen molar-refractivity contribution in [1.29, 1.82) is 0 Å². The van der Waals surface area contributed by atoms with Gasteiger partial charge in [-0.1, -0.05) is 34.1 Å². The minimum Gasteiger partial charge on any atom is -0.329 e. The second kappa shape index (κ2) is 8.10. The summed E-state index contributed by atoms with van der Waals surface area (Å²) in [4.78, 5) is 2.64. The molecule has 0 heterocycles. The summed E-state index contributed by atoms with van der Waals surface area (Å²) in [5.74, 6) is 0.761. The molecule has 0 rings (SSSR count). The van der Waals surface area contributed by atoms with Crippen LogP contribution in [0.2, 0.25) is 0 Å². The Hall–Kier alpha value is -0.0800. The van der Waals surface area contributed by atoms with Gasteiger partial charge in [-0.05, 0) is 45.6 Å². The van der Waals surface area contributed by atoms with Gasteiger partial charge in [-0.3, -0.25) is 4.90 Å². The van der Waals surface area contributed by atoms with Crippen LogP contribution in [0.4, 0.5) is 0 Å². The average Bonchev–Trinajstić information content (AvgIpc) is 2.33. The maximum Gasteiger partial charge on any atom is 0.0334 e. The fourth-order valence-corrected chi connectivity index (χ4v) is 2.89. The lowest BCUT2D eigenvalue weighted by Gasteiger charge is -2.47. The highest BCUT2D eigenvalue weighted by atomic mass is 15.2. The molecule has 2 atom stereocenters. The standard InChI is InChI=1S/C15H34N2/c1-7-10-17(13(4)5)15(9-3,12-16)11-14(6)8-2/h13-14H,7-12,16H2,1-6H3. The van der Waals surface area contributed by atoms with Crippen LogP contribution in [0.15, 0.2) is 0 Å². The highest BCUT2D eigenvalue weighted by Gasteiger charge is 2.35. The van der Waals surface area contributed by atoms with Gasteiger partial charge in [-0.25, -0.2) is 0 Å². The van der Waals surface area contributed by atoms with E-state index in [1.807, 2.05) is 0 Å². The van der Waals surface area contributed by atoms with Gasteiger partial charge in [0.05, 0.1) is 0 Å². The van der Waals surface area contributed by atoms with Crippen LogP contribution in [-0.2, 0) is 0 Å². The van der Waals surface area contributed by atoms with Crippen molar-refractivity contribution in [3.8, 4) is 0 Å². The summed E-state index contributed by atoms with van der Waals surface area (Å²) in [5.41, 5.74) is 6.36. The van der Waals surface area contributed by atoms with Gasteiger partial charge in [0.15, 0.2) is 0 Å². The Balaban J connectivity index is 4.97. The van der Waals surface area contributed by atoms with E-state index < -0.39 is 0 Å². The molecule has 0 radical (unpaired) electrons. The van der Waals surface area contributed by atoms with Crippen LogP contribution >= 0.6 is 0 Å². The van der Waals surface area contributed by atoms with Crippen LogP contribution in [0, 0.1) is 5.92 Å². The average molecular weight is 242 g/mol. The first-order valence-corrected chi connectivity index (χ1v) is 7.44. The Bertz CT molecular complexity index is 185. The Morgan fingerprint density at radius 3 is 2.00 bits per heavy atom. The molecular weight excluding hydrogens is 208 g/mol. The predicted molar refractivity (Wildman–Crippen MR) is 78.3 cm³/mol. The third-order valence-electron chi connectivity index (χ3n) is 4.16. The SMILES string of the molecule is CCCN(C(C)C)C(CC)(CN)CC(C)CC. The molecule has 0 aliphatic heterocycles. The Kier molecular flexibility index (Phi) is 8.06. The first-order chi connectivity index (χ1) is 7.97. The molecule has 0 aliphatic rings. The zero-order valence-corrected chi connectivity index (χ0v) is 12.9. The van der Waals surface area contributed by atoms with E-state index in [0.29, 0.717) is 6.04 Å². The molecule has 0 amide bonds. The number of hydrogen-bond acceptors (Lipinski definition) is 2. The van der Waals surface area contributed by atoms with Gasteiger partial charge in [0.25, 0.3) is 0 Å². The van der Waals surface area contributed by atoms with E-state index in [0.717, 1.165) is 18.9 Å². The molecule has 0 saturated heterocycles. The molecule has 0 aromatic rings. The third-order valence-corrected chi connectivity index (χ3v) is 4.16. The lowest BCUT2D eigenvalue weighted by Crippen LogP contribution is -2.57. The molecule has 0 aromatic carbocycles. The summed E-state index contributed by atoms with van der Waals surface area (Å²) in [7, 11) is 0. The number of nitrogens with zero attached hydrogens (tertiary/aromatic N) is 1. The van der Waals surface area contributed by atoms with Gasteiger partial charge in [-0.15, -0.1) is 0 Å². The molecule has 0 saturated carbocycles. The summed E-state index contributed by atoms with van der Waals surface area (Å²) in [6.45, 7) is 15.7. The summed E-state index contributed by atoms with van der Waals surface area (Å²) < 4.78 is 0. The molecule has 104 valence electrons. The van der Waals surface area contributed by atoms with E-state index in [2.05, 4.69) is 46.4 Å². The van der Waals surface area contributed by atoms with Crippen LogP contribution in [0.1, 0.15) is 67.2 Å². The normalized spacial score (nSPS) is 17.5. The van der Waals surface area contributed by atoms with Crippen molar-refractivity contribution in [2.75, 3.05) is 13.1 Å². The van der Waals surface area contributed by atoms with Crippen molar-refractivity contribution in [2.45, 2.75) is 78.8 Å². The van der Waals surface area contributed by atoms with E-state index in [1.54, 1.807) is 0 Å². The van der Waals surface area contributed by atoms with Gasteiger partial charge in [0.2, 0.25) is 0 Å². The first kappa shape index (κ1) is 16.9. The van der Waals surface area contributed by atoms with Crippen LogP contribution < -0.4 is 5.73 Å². The predicted octanol–water partition coefficient (Wildman–Crippen LogP) is 3.65. The number of rotatable bonds is 9. The Morgan fingerprint density at radius 2 is 1.71 bits per heavy atom. The van der Waals surface area contributed by atoms with E-state index in [-0.39, 0.29) is 5.54 Å². The minimum absolute atomic E-state index is 0.208. The van der Waals surface area contributed by atoms with Crippen molar-refractivity contribution in [1.82, 2.24) is 4.90 Å². The van der Waals surface area contributed by atoms with Gasteiger partial charge in [0, 0.05) is 18.1 Å². The third kappa shape index (κ3) is 4.59. The zero-order chi connectivity index (χ0) is 13.5.